The molecule has 0 aromatic rings. The predicted octanol–water partition coefficient (Wildman–Crippen LogP) is 2.66. The third-order valence-electron chi connectivity index (χ3n) is 2.90. The molecule has 0 amide bonds. The first kappa shape index (κ1) is 16.0. The van der Waals surface area contributed by atoms with Crippen LogP contribution in [-0.4, -0.2) is 32.1 Å². The molecule has 108 valence electrons. The summed E-state index contributed by atoms with van der Waals surface area (Å²) in [6.07, 6.45) is 7.32. The number of hydrogen-bond donors (Lipinski definition) is 0. The molecule has 0 bridgehead atoms. The first-order valence-corrected chi connectivity index (χ1v) is 7.21. The van der Waals surface area contributed by atoms with E-state index < -0.39 is 5.97 Å². The average molecular weight is 268 g/mol. The van der Waals surface area contributed by atoms with Crippen molar-refractivity contribution in [2.75, 3.05) is 19.8 Å². The molecule has 0 spiro atoms. The van der Waals surface area contributed by atoms with Crippen molar-refractivity contribution in [2.45, 2.75) is 58.2 Å². The Labute approximate surface area is 115 Å². The SMILES string of the molecule is CCCCCCOC(=O)C#CCOC1CCCCO1. The molecule has 1 atom stereocenters. The first-order chi connectivity index (χ1) is 9.33. The maximum absolute atomic E-state index is 11.2. The van der Waals surface area contributed by atoms with Gasteiger partial charge in [0, 0.05) is 12.5 Å². The largest absolute Gasteiger partial charge is 0.456 e. The van der Waals surface area contributed by atoms with E-state index >= 15 is 0 Å². The standard InChI is InChI=1S/C15H24O4/c1-2-3-4-6-11-17-14(16)9-8-13-19-15-10-5-7-12-18-15/h15H,2-7,10-13H2,1H3. The van der Waals surface area contributed by atoms with Gasteiger partial charge in [-0.15, -0.1) is 0 Å². The smallest absolute Gasteiger partial charge is 0.384 e. The van der Waals surface area contributed by atoms with E-state index in [4.69, 9.17) is 14.2 Å². The van der Waals surface area contributed by atoms with Crippen LogP contribution in [0.5, 0.6) is 0 Å². The maximum Gasteiger partial charge on any atom is 0.384 e. The summed E-state index contributed by atoms with van der Waals surface area (Å²) in [6, 6.07) is 0. The zero-order valence-electron chi connectivity index (χ0n) is 11.8. The number of hydrogen-bond acceptors (Lipinski definition) is 4. The summed E-state index contributed by atoms with van der Waals surface area (Å²) in [6.45, 7) is 3.57. The fourth-order valence-corrected chi connectivity index (χ4v) is 1.82. The molecule has 4 nitrogen and oxygen atoms in total. The molecule has 1 rings (SSSR count). The minimum atomic E-state index is -0.468. The lowest BCUT2D eigenvalue weighted by atomic mass is 10.2. The van der Waals surface area contributed by atoms with Crippen molar-refractivity contribution >= 4 is 5.97 Å². The molecular weight excluding hydrogens is 244 g/mol. The van der Waals surface area contributed by atoms with Gasteiger partial charge in [-0.3, -0.25) is 0 Å². The molecule has 0 aromatic heterocycles. The molecule has 0 aromatic carbocycles. The van der Waals surface area contributed by atoms with Gasteiger partial charge in [0.1, 0.15) is 6.61 Å². The van der Waals surface area contributed by atoms with Gasteiger partial charge in [0.25, 0.3) is 0 Å². The van der Waals surface area contributed by atoms with E-state index in [1.165, 1.54) is 12.8 Å². The van der Waals surface area contributed by atoms with Crippen LogP contribution in [0.4, 0.5) is 0 Å². The summed E-state index contributed by atoms with van der Waals surface area (Å²) < 4.78 is 15.7. The number of carbonyl (C=O) groups excluding carboxylic acids is 1. The van der Waals surface area contributed by atoms with Crippen LogP contribution < -0.4 is 0 Å². The minimum absolute atomic E-state index is 0.159. The quantitative estimate of drug-likeness (QED) is 0.308. The third kappa shape index (κ3) is 8.63. The molecule has 1 aliphatic heterocycles. The lowest BCUT2D eigenvalue weighted by molar-refractivity contribution is -0.154. The van der Waals surface area contributed by atoms with Crippen molar-refractivity contribution in [1.29, 1.82) is 0 Å². The van der Waals surface area contributed by atoms with Gasteiger partial charge >= 0.3 is 5.97 Å². The molecule has 19 heavy (non-hydrogen) atoms. The van der Waals surface area contributed by atoms with Crippen molar-refractivity contribution in [3.63, 3.8) is 0 Å². The summed E-state index contributed by atoms with van der Waals surface area (Å²) in [5.41, 5.74) is 0. The molecule has 1 fully saturated rings. The second-order valence-corrected chi connectivity index (χ2v) is 4.61. The van der Waals surface area contributed by atoms with Crippen molar-refractivity contribution in [1.82, 2.24) is 0 Å². The number of carbonyl (C=O) groups is 1. The molecule has 4 heteroatoms. The highest BCUT2D eigenvalue weighted by Crippen LogP contribution is 2.12. The van der Waals surface area contributed by atoms with Gasteiger partial charge in [0.2, 0.25) is 0 Å². The van der Waals surface area contributed by atoms with Crippen LogP contribution >= 0.6 is 0 Å². The molecule has 0 saturated carbocycles. The van der Waals surface area contributed by atoms with E-state index in [2.05, 4.69) is 18.8 Å². The van der Waals surface area contributed by atoms with Crippen molar-refractivity contribution in [2.24, 2.45) is 0 Å². The van der Waals surface area contributed by atoms with Crippen LogP contribution in [0, 0.1) is 11.8 Å². The second-order valence-electron chi connectivity index (χ2n) is 4.61. The Hall–Kier alpha value is -1.05. The summed E-state index contributed by atoms with van der Waals surface area (Å²) in [7, 11) is 0. The molecule has 0 N–H and O–H groups in total. The molecule has 1 heterocycles. The van der Waals surface area contributed by atoms with Crippen molar-refractivity contribution in [3.05, 3.63) is 0 Å². The minimum Gasteiger partial charge on any atom is -0.456 e. The Morgan fingerprint density at radius 2 is 2.21 bits per heavy atom. The van der Waals surface area contributed by atoms with E-state index in [0.29, 0.717) is 6.61 Å². The lowest BCUT2D eigenvalue weighted by Crippen LogP contribution is -2.22. The van der Waals surface area contributed by atoms with Gasteiger partial charge in [-0.1, -0.05) is 32.1 Å². The first-order valence-electron chi connectivity index (χ1n) is 7.21. The summed E-state index contributed by atoms with van der Waals surface area (Å²) >= 11 is 0. The highest BCUT2D eigenvalue weighted by Gasteiger charge is 2.12. The lowest BCUT2D eigenvalue weighted by Gasteiger charge is -2.21. The Bertz CT molecular complexity index is 297. The molecule has 1 aliphatic rings. The zero-order chi connectivity index (χ0) is 13.8. The number of unbranched alkanes of at least 4 members (excludes halogenated alkanes) is 3. The second kappa shape index (κ2) is 10.8. The highest BCUT2D eigenvalue weighted by molar-refractivity contribution is 5.88. The summed E-state index contributed by atoms with van der Waals surface area (Å²) in [4.78, 5) is 11.2. The predicted molar refractivity (Wildman–Crippen MR) is 72.4 cm³/mol. The van der Waals surface area contributed by atoms with Gasteiger partial charge in [-0.25, -0.2) is 4.79 Å². The van der Waals surface area contributed by atoms with Crippen LogP contribution in [0.2, 0.25) is 0 Å². The van der Waals surface area contributed by atoms with Crippen LogP contribution in [0.1, 0.15) is 51.9 Å². The van der Waals surface area contributed by atoms with Gasteiger partial charge in [-0.05, 0) is 25.7 Å². The third-order valence-corrected chi connectivity index (χ3v) is 2.90. The van der Waals surface area contributed by atoms with Crippen LogP contribution in [-0.2, 0) is 19.0 Å². The van der Waals surface area contributed by atoms with E-state index in [1.807, 2.05) is 0 Å². The topological polar surface area (TPSA) is 44.8 Å². The Morgan fingerprint density at radius 1 is 1.32 bits per heavy atom. The highest BCUT2D eigenvalue weighted by atomic mass is 16.7. The zero-order valence-corrected chi connectivity index (χ0v) is 11.8. The van der Waals surface area contributed by atoms with Gasteiger partial charge in [0.05, 0.1) is 6.61 Å². The molecule has 1 saturated heterocycles. The fourth-order valence-electron chi connectivity index (χ4n) is 1.82. The average Bonchev–Trinajstić information content (AvgIpc) is 2.44. The maximum atomic E-state index is 11.2. The van der Waals surface area contributed by atoms with E-state index in [-0.39, 0.29) is 12.9 Å². The number of rotatable bonds is 7. The molecule has 0 radical (unpaired) electrons. The van der Waals surface area contributed by atoms with Crippen LogP contribution in [0.15, 0.2) is 0 Å². The molecule has 0 aliphatic carbocycles. The van der Waals surface area contributed by atoms with Crippen molar-refractivity contribution in [3.8, 4) is 11.8 Å². The van der Waals surface area contributed by atoms with E-state index in [9.17, 15) is 4.79 Å². The molecule has 1 unspecified atom stereocenters. The Morgan fingerprint density at radius 3 is 2.95 bits per heavy atom. The molecular formula is C15H24O4. The summed E-state index contributed by atoms with van der Waals surface area (Å²) in [5, 5.41) is 0. The monoisotopic (exact) mass is 268 g/mol. The van der Waals surface area contributed by atoms with E-state index in [1.54, 1.807) is 0 Å². The van der Waals surface area contributed by atoms with E-state index in [0.717, 1.165) is 38.7 Å². The van der Waals surface area contributed by atoms with Gasteiger partial charge in [0.15, 0.2) is 6.29 Å². The van der Waals surface area contributed by atoms with Gasteiger partial charge in [-0.2, -0.15) is 0 Å². The normalized spacial score (nSPS) is 18.5. The fraction of sp³-hybridized carbons (Fsp3) is 0.800. The number of ether oxygens (including phenoxy) is 3. The van der Waals surface area contributed by atoms with Crippen LogP contribution in [0.3, 0.4) is 0 Å². The van der Waals surface area contributed by atoms with Gasteiger partial charge < -0.3 is 14.2 Å². The Balaban J connectivity index is 2.00. The summed E-state index contributed by atoms with van der Waals surface area (Å²) in [5.74, 6) is 4.61. The van der Waals surface area contributed by atoms with Crippen molar-refractivity contribution < 1.29 is 19.0 Å². The Kier molecular flexibility index (Phi) is 9.13. The van der Waals surface area contributed by atoms with Crippen LogP contribution in [0.25, 0.3) is 0 Å². The number of esters is 1.